The van der Waals surface area contributed by atoms with Gasteiger partial charge >= 0.3 is 0 Å². The van der Waals surface area contributed by atoms with Crippen molar-refractivity contribution in [3.8, 4) is 0 Å². The number of anilines is 2. The number of aliphatic hydroxyl groups is 3. The van der Waals surface area contributed by atoms with Crippen LogP contribution >= 0.6 is 22.7 Å². The molecule has 0 aliphatic rings. The van der Waals surface area contributed by atoms with Gasteiger partial charge in [0.1, 0.15) is 0 Å². The predicted molar refractivity (Wildman–Crippen MR) is 98.7 cm³/mol. The van der Waals surface area contributed by atoms with E-state index >= 15 is 0 Å². The molecule has 2 heterocycles. The second kappa shape index (κ2) is 6.62. The number of hydrogen-bond donors (Lipinski definition) is 4. The lowest BCUT2D eigenvalue weighted by molar-refractivity contribution is 0.0992. The molecule has 0 aliphatic carbocycles. The van der Waals surface area contributed by atoms with E-state index in [2.05, 4.69) is 18.2 Å². The molecule has 5 nitrogen and oxygen atoms in total. The Morgan fingerprint density at radius 3 is 2.65 bits per heavy atom. The number of fused-ring (bicyclic) bond motifs is 3. The lowest BCUT2D eigenvalue weighted by atomic mass is 10.1. The Kier molecular flexibility index (Phi) is 4.74. The van der Waals surface area contributed by atoms with Crippen molar-refractivity contribution in [2.75, 3.05) is 36.9 Å². The van der Waals surface area contributed by atoms with Gasteiger partial charge in [-0.2, -0.15) is 0 Å². The second-order valence-corrected chi connectivity index (χ2v) is 7.68. The molecule has 2 aromatic heterocycles. The van der Waals surface area contributed by atoms with Crippen LogP contribution in [0.3, 0.4) is 0 Å². The van der Waals surface area contributed by atoms with Gasteiger partial charge in [-0.3, -0.25) is 0 Å². The highest BCUT2D eigenvalue weighted by Crippen LogP contribution is 2.42. The Balaban J connectivity index is 2.09. The number of nitrogens with two attached hydrogens (primary N) is 1. The van der Waals surface area contributed by atoms with Crippen LogP contribution in [0.2, 0.25) is 0 Å². The molecule has 23 heavy (non-hydrogen) atoms. The molecule has 0 fully saturated rings. The standard InChI is InChI=1S/C16H20N2O3S2/c1-9-15-11-6-14(18(4-5-19)7-10(21)8-20)22-12(11)2-3-13(15)23-16(9)17/h2-3,6,10,19-21H,4-5,7-8,17H2,1H3. The SMILES string of the molecule is Cc1c(N)sc2ccc3sc(N(CCO)CC(O)CO)cc3c12. The van der Waals surface area contributed by atoms with Gasteiger partial charge in [-0.1, -0.05) is 0 Å². The number of aliphatic hydroxyl groups excluding tert-OH is 3. The van der Waals surface area contributed by atoms with E-state index in [1.54, 1.807) is 22.7 Å². The van der Waals surface area contributed by atoms with Crippen molar-refractivity contribution in [1.82, 2.24) is 0 Å². The maximum Gasteiger partial charge on any atom is 0.0945 e. The lowest BCUT2D eigenvalue weighted by Crippen LogP contribution is -2.35. The van der Waals surface area contributed by atoms with E-state index in [-0.39, 0.29) is 19.8 Å². The monoisotopic (exact) mass is 352 g/mol. The molecule has 1 aromatic carbocycles. The summed E-state index contributed by atoms with van der Waals surface area (Å²) in [5, 5.41) is 32.2. The van der Waals surface area contributed by atoms with E-state index in [9.17, 15) is 10.2 Å². The molecule has 0 saturated heterocycles. The van der Waals surface area contributed by atoms with Crippen molar-refractivity contribution in [1.29, 1.82) is 0 Å². The number of hydrogen-bond acceptors (Lipinski definition) is 7. The number of aryl methyl sites for hydroxylation is 1. The molecule has 3 aromatic rings. The maximum atomic E-state index is 9.73. The van der Waals surface area contributed by atoms with Gasteiger partial charge in [-0.15, -0.1) is 22.7 Å². The summed E-state index contributed by atoms with van der Waals surface area (Å²) in [5.74, 6) is 0. The van der Waals surface area contributed by atoms with Gasteiger partial charge < -0.3 is 26.0 Å². The van der Waals surface area contributed by atoms with Gasteiger partial charge in [-0.05, 0) is 30.7 Å². The second-order valence-electron chi connectivity index (χ2n) is 5.53. The molecule has 7 heteroatoms. The highest BCUT2D eigenvalue weighted by atomic mass is 32.1. The van der Waals surface area contributed by atoms with Crippen molar-refractivity contribution in [2.24, 2.45) is 0 Å². The largest absolute Gasteiger partial charge is 0.395 e. The first-order valence-electron chi connectivity index (χ1n) is 7.41. The van der Waals surface area contributed by atoms with Crippen LogP contribution in [0, 0.1) is 6.92 Å². The minimum Gasteiger partial charge on any atom is -0.395 e. The summed E-state index contributed by atoms with van der Waals surface area (Å²) >= 11 is 3.21. The average molecular weight is 352 g/mol. The zero-order valence-electron chi connectivity index (χ0n) is 12.8. The third-order valence-electron chi connectivity index (χ3n) is 3.94. The summed E-state index contributed by atoms with van der Waals surface area (Å²) in [6.45, 7) is 2.44. The molecular formula is C16H20N2O3S2. The molecule has 5 N–H and O–H groups in total. The van der Waals surface area contributed by atoms with Gasteiger partial charge in [-0.25, -0.2) is 0 Å². The predicted octanol–water partition coefficient (Wildman–Crippen LogP) is 2.16. The number of nitrogens with zero attached hydrogens (tertiary/aromatic N) is 1. The first-order chi connectivity index (χ1) is 11.0. The first kappa shape index (κ1) is 16.5. The molecule has 0 bridgehead atoms. The van der Waals surface area contributed by atoms with Crippen LogP contribution in [0.5, 0.6) is 0 Å². The normalized spacial score (nSPS) is 13.0. The Labute approximate surface area is 142 Å². The zero-order valence-corrected chi connectivity index (χ0v) is 14.5. The Hall–Kier alpha value is -1.38. The molecule has 1 atom stereocenters. The summed E-state index contributed by atoms with van der Waals surface area (Å²) in [6.07, 6.45) is -0.828. The van der Waals surface area contributed by atoms with Gasteiger partial charge in [0.2, 0.25) is 0 Å². The molecule has 0 radical (unpaired) electrons. The van der Waals surface area contributed by atoms with Crippen molar-refractivity contribution >= 4 is 52.8 Å². The number of rotatable bonds is 6. The first-order valence-corrected chi connectivity index (χ1v) is 9.04. The summed E-state index contributed by atoms with van der Waals surface area (Å²) in [4.78, 5) is 1.91. The van der Waals surface area contributed by atoms with Crippen LogP contribution in [-0.4, -0.2) is 47.7 Å². The molecule has 1 unspecified atom stereocenters. The van der Waals surface area contributed by atoms with E-state index in [0.717, 1.165) is 25.7 Å². The molecule has 0 saturated carbocycles. The van der Waals surface area contributed by atoms with Crippen LogP contribution in [0.1, 0.15) is 5.56 Å². The van der Waals surface area contributed by atoms with Gasteiger partial charge in [0.15, 0.2) is 0 Å². The Morgan fingerprint density at radius 1 is 1.22 bits per heavy atom. The lowest BCUT2D eigenvalue weighted by Gasteiger charge is -2.24. The van der Waals surface area contributed by atoms with Crippen LogP contribution in [0.25, 0.3) is 20.2 Å². The van der Waals surface area contributed by atoms with Crippen molar-refractivity contribution in [3.05, 3.63) is 23.8 Å². The third-order valence-corrected chi connectivity index (χ3v) is 6.18. The van der Waals surface area contributed by atoms with Crippen LogP contribution in [-0.2, 0) is 0 Å². The number of benzene rings is 1. The minimum absolute atomic E-state index is 0.00771. The molecule has 124 valence electrons. The molecular weight excluding hydrogens is 332 g/mol. The number of thiophene rings is 2. The fourth-order valence-electron chi connectivity index (χ4n) is 2.75. The third kappa shape index (κ3) is 3.02. The van der Waals surface area contributed by atoms with Crippen molar-refractivity contribution < 1.29 is 15.3 Å². The maximum absolute atomic E-state index is 9.73. The summed E-state index contributed by atoms with van der Waals surface area (Å²) < 4.78 is 2.32. The fourth-order valence-corrected chi connectivity index (χ4v) is 4.85. The quantitative estimate of drug-likeness (QED) is 0.546. The highest BCUT2D eigenvalue weighted by molar-refractivity contribution is 7.24. The highest BCUT2D eigenvalue weighted by Gasteiger charge is 2.17. The van der Waals surface area contributed by atoms with E-state index in [1.807, 2.05) is 11.8 Å². The van der Waals surface area contributed by atoms with Gasteiger partial charge in [0, 0.05) is 33.3 Å². The van der Waals surface area contributed by atoms with Gasteiger partial charge in [0.25, 0.3) is 0 Å². The van der Waals surface area contributed by atoms with E-state index in [0.29, 0.717) is 6.54 Å². The minimum atomic E-state index is -0.828. The average Bonchev–Trinajstić information content (AvgIpc) is 3.08. The van der Waals surface area contributed by atoms with Crippen molar-refractivity contribution in [3.63, 3.8) is 0 Å². The fraction of sp³-hybridized carbons (Fsp3) is 0.375. The molecule has 0 spiro atoms. The summed E-state index contributed by atoms with van der Waals surface area (Å²) in [7, 11) is 0. The molecule has 0 aliphatic heterocycles. The van der Waals surface area contributed by atoms with Gasteiger partial charge in [0.05, 0.1) is 29.3 Å². The summed E-state index contributed by atoms with van der Waals surface area (Å²) in [5.41, 5.74) is 7.16. The smallest absolute Gasteiger partial charge is 0.0945 e. The van der Waals surface area contributed by atoms with Crippen molar-refractivity contribution in [2.45, 2.75) is 13.0 Å². The zero-order chi connectivity index (χ0) is 16.6. The van der Waals surface area contributed by atoms with Crippen LogP contribution in [0.4, 0.5) is 10.0 Å². The molecule has 0 amide bonds. The Bertz CT molecular complexity index is 828. The van der Waals surface area contributed by atoms with Crippen LogP contribution < -0.4 is 10.6 Å². The van der Waals surface area contributed by atoms with E-state index in [1.165, 1.54) is 10.1 Å². The van der Waals surface area contributed by atoms with E-state index in [4.69, 9.17) is 10.8 Å². The summed E-state index contributed by atoms with van der Waals surface area (Å²) in [6, 6.07) is 6.26. The number of nitrogen functional groups attached to an aromatic ring is 1. The Morgan fingerprint density at radius 2 is 1.96 bits per heavy atom. The topological polar surface area (TPSA) is 90.0 Å². The van der Waals surface area contributed by atoms with Crippen LogP contribution in [0.15, 0.2) is 18.2 Å². The van der Waals surface area contributed by atoms with E-state index < -0.39 is 6.10 Å². The molecule has 3 rings (SSSR count).